The fraction of sp³-hybridized carbons (Fsp3) is 0.429. The van der Waals surface area contributed by atoms with E-state index in [0.717, 1.165) is 18.7 Å². The van der Waals surface area contributed by atoms with Crippen LogP contribution < -0.4 is 9.30 Å². The second-order valence-electron chi connectivity index (χ2n) is 4.49. The Morgan fingerprint density at radius 1 is 1.38 bits per heavy atom. The topological polar surface area (TPSA) is 81.0 Å². The average molecular weight is 291 g/mol. The summed E-state index contributed by atoms with van der Waals surface area (Å²) in [5.74, 6) is 0.250. The van der Waals surface area contributed by atoms with Gasteiger partial charge in [0, 0.05) is 25.0 Å². The van der Waals surface area contributed by atoms with E-state index in [2.05, 4.69) is 26.9 Å². The summed E-state index contributed by atoms with van der Waals surface area (Å²) in [6, 6.07) is 3.66. The first-order chi connectivity index (χ1) is 10.3. The van der Waals surface area contributed by atoms with Gasteiger partial charge in [0.2, 0.25) is 0 Å². The SMILES string of the molecule is CCC[n+]1ccc(OCC(=O)OCCc2cn[nH]n2)cc1. The van der Waals surface area contributed by atoms with E-state index in [1.54, 1.807) is 6.20 Å². The Kier molecular flexibility index (Phi) is 5.69. The van der Waals surface area contributed by atoms with E-state index in [-0.39, 0.29) is 13.2 Å². The third kappa shape index (κ3) is 5.21. The molecule has 2 aromatic rings. The van der Waals surface area contributed by atoms with Crippen molar-refractivity contribution < 1.29 is 18.8 Å². The molecule has 0 atom stereocenters. The van der Waals surface area contributed by atoms with E-state index in [4.69, 9.17) is 9.47 Å². The Hall–Kier alpha value is -2.44. The largest absolute Gasteiger partial charge is 0.481 e. The molecule has 0 radical (unpaired) electrons. The van der Waals surface area contributed by atoms with Crippen molar-refractivity contribution in [2.75, 3.05) is 13.2 Å². The maximum atomic E-state index is 11.5. The molecule has 0 fully saturated rings. The van der Waals surface area contributed by atoms with Gasteiger partial charge in [-0.25, -0.2) is 9.36 Å². The molecule has 0 bridgehead atoms. The summed E-state index contributed by atoms with van der Waals surface area (Å²) in [7, 11) is 0. The quantitative estimate of drug-likeness (QED) is 0.571. The van der Waals surface area contributed by atoms with Crippen LogP contribution in [0.4, 0.5) is 0 Å². The number of aromatic amines is 1. The summed E-state index contributed by atoms with van der Waals surface area (Å²) < 4.78 is 12.5. The van der Waals surface area contributed by atoms with E-state index in [0.29, 0.717) is 12.2 Å². The number of H-pyrrole nitrogens is 1. The average Bonchev–Trinajstić information content (AvgIpc) is 3.00. The number of aryl methyl sites for hydroxylation is 1. The number of rotatable bonds is 8. The minimum Gasteiger partial charge on any atom is -0.481 e. The molecule has 7 heteroatoms. The Morgan fingerprint density at radius 3 is 2.86 bits per heavy atom. The van der Waals surface area contributed by atoms with Gasteiger partial charge in [-0.2, -0.15) is 15.4 Å². The van der Waals surface area contributed by atoms with Crippen molar-refractivity contribution in [3.8, 4) is 5.75 Å². The highest BCUT2D eigenvalue weighted by molar-refractivity contribution is 5.71. The van der Waals surface area contributed by atoms with Gasteiger partial charge in [0.25, 0.3) is 0 Å². The second kappa shape index (κ2) is 7.98. The Labute approximate surface area is 122 Å². The molecular weight excluding hydrogens is 272 g/mol. The summed E-state index contributed by atoms with van der Waals surface area (Å²) in [4.78, 5) is 11.5. The molecule has 0 saturated heterocycles. The van der Waals surface area contributed by atoms with Crippen LogP contribution in [0.3, 0.4) is 0 Å². The van der Waals surface area contributed by atoms with Gasteiger partial charge in [0.1, 0.15) is 12.3 Å². The molecule has 0 spiro atoms. The molecule has 0 aliphatic carbocycles. The number of pyridine rings is 1. The van der Waals surface area contributed by atoms with Gasteiger partial charge in [-0.1, -0.05) is 6.92 Å². The number of hydrogen-bond donors (Lipinski definition) is 1. The lowest BCUT2D eigenvalue weighted by Crippen LogP contribution is -2.32. The molecule has 0 amide bonds. The van der Waals surface area contributed by atoms with Crippen molar-refractivity contribution in [1.82, 2.24) is 15.4 Å². The van der Waals surface area contributed by atoms with Crippen LogP contribution in [0.5, 0.6) is 5.75 Å². The highest BCUT2D eigenvalue weighted by Crippen LogP contribution is 2.06. The minimum absolute atomic E-state index is 0.101. The standard InChI is InChI=1S/C14H19N4O3/c1-2-6-18-7-3-13(4-8-18)21-11-14(19)20-9-5-12-10-15-17-16-12/h3-4,7-8,10H,2,5-6,9,11H2,1H3,(H,15,16,17)/q+1. The second-order valence-corrected chi connectivity index (χ2v) is 4.49. The first kappa shape index (κ1) is 15.0. The maximum Gasteiger partial charge on any atom is 0.344 e. The predicted molar refractivity (Wildman–Crippen MR) is 73.5 cm³/mol. The molecule has 2 aromatic heterocycles. The molecule has 0 unspecified atom stereocenters. The van der Waals surface area contributed by atoms with Crippen LogP contribution >= 0.6 is 0 Å². The van der Waals surface area contributed by atoms with E-state index in [1.807, 2.05) is 24.5 Å². The Bertz CT molecular complexity index is 540. The summed E-state index contributed by atoms with van der Waals surface area (Å²) in [6.07, 6.45) is 7.05. The summed E-state index contributed by atoms with van der Waals surface area (Å²) >= 11 is 0. The normalized spacial score (nSPS) is 10.3. The van der Waals surface area contributed by atoms with Gasteiger partial charge in [-0.05, 0) is 0 Å². The monoisotopic (exact) mass is 291 g/mol. The molecule has 2 rings (SSSR count). The lowest BCUT2D eigenvalue weighted by atomic mass is 10.3. The highest BCUT2D eigenvalue weighted by atomic mass is 16.6. The molecule has 0 saturated carbocycles. The third-order valence-corrected chi connectivity index (χ3v) is 2.79. The van der Waals surface area contributed by atoms with Crippen LogP contribution in [0.15, 0.2) is 30.7 Å². The smallest absolute Gasteiger partial charge is 0.344 e. The Balaban J connectivity index is 1.66. The van der Waals surface area contributed by atoms with Crippen LogP contribution in [0, 0.1) is 0 Å². The number of nitrogens with zero attached hydrogens (tertiary/aromatic N) is 3. The van der Waals surface area contributed by atoms with Crippen molar-refractivity contribution in [3.63, 3.8) is 0 Å². The molecular formula is C14H19N4O3+. The maximum absolute atomic E-state index is 11.5. The van der Waals surface area contributed by atoms with Gasteiger partial charge < -0.3 is 9.47 Å². The van der Waals surface area contributed by atoms with Crippen molar-refractivity contribution in [2.45, 2.75) is 26.3 Å². The first-order valence-corrected chi connectivity index (χ1v) is 6.90. The van der Waals surface area contributed by atoms with Gasteiger partial charge in [0.15, 0.2) is 19.0 Å². The number of ether oxygens (including phenoxy) is 2. The van der Waals surface area contributed by atoms with Crippen molar-refractivity contribution >= 4 is 5.97 Å². The van der Waals surface area contributed by atoms with Gasteiger partial charge in [-0.15, -0.1) is 0 Å². The molecule has 7 nitrogen and oxygen atoms in total. The zero-order valence-electron chi connectivity index (χ0n) is 12.0. The summed E-state index contributed by atoms with van der Waals surface area (Å²) in [5.41, 5.74) is 0.757. The van der Waals surface area contributed by atoms with Crippen molar-refractivity contribution in [1.29, 1.82) is 0 Å². The third-order valence-electron chi connectivity index (χ3n) is 2.79. The lowest BCUT2D eigenvalue weighted by Gasteiger charge is -2.05. The van der Waals surface area contributed by atoms with Crippen LogP contribution in [-0.4, -0.2) is 34.6 Å². The molecule has 112 valence electrons. The van der Waals surface area contributed by atoms with Crippen molar-refractivity contribution in [2.24, 2.45) is 0 Å². The number of carbonyl (C=O) groups is 1. The van der Waals surface area contributed by atoms with E-state index in [9.17, 15) is 4.79 Å². The van der Waals surface area contributed by atoms with Crippen LogP contribution in [0.1, 0.15) is 19.0 Å². The number of carbonyl (C=O) groups excluding carboxylic acids is 1. The fourth-order valence-corrected chi connectivity index (χ4v) is 1.75. The number of aromatic nitrogens is 4. The van der Waals surface area contributed by atoms with E-state index < -0.39 is 5.97 Å². The molecule has 0 aliphatic rings. The molecule has 0 aromatic carbocycles. The summed E-state index contributed by atoms with van der Waals surface area (Å²) in [5, 5.41) is 10.0. The molecule has 0 aliphatic heterocycles. The van der Waals surface area contributed by atoms with Crippen LogP contribution in [0.2, 0.25) is 0 Å². The van der Waals surface area contributed by atoms with Gasteiger partial charge >= 0.3 is 5.97 Å². The molecule has 1 N–H and O–H groups in total. The zero-order chi connectivity index (χ0) is 14.9. The van der Waals surface area contributed by atoms with Crippen LogP contribution in [0.25, 0.3) is 0 Å². The summed E-state index contributed by atoms with van der Waals surface area (Å²) in [6.45, 7) is 3.24. The number of esters is 1. The molecule has 21 heavy (non-hydrogen) atoms. The van der Waals surface area contributed by atoms with Gasteiger partial charge in [0.05, 0.1) is 18.5 Å². The zero-order valence-corrected chi connectivity index (χ0v) is 12.0. The van der Waals surface area contributed by atoms with E-state index in [1.165, 1.54) is 0 Å². The van der Waals surface area contributed by atoms with E-state index >= 15 is 0 Å². The van der Waals surface area contributed by atoms with Gasteiger partial charge in [-0.3, -0.25) is 0 Å². The molecule has 2 heterocycles. The minimum atomic E-state index is -0.399. The van der Waals surface area contributed by atoms with Crippen molar-refractivity contribution in [3.05, 3.63) is 36.4 Å². The Morgan fingerprint density at radius 2 is 2.19 bits per heavy atom. The number of nitrogens with one attached hydrogen (secondary N) is 1. The first-order valence-electron chi connectivity index (χ1n) is 6.90. The fourth-order valence-electron chi connectivity index (χ4n) is 1.75. The lowest BCUT2D eigenvalue weighted by molar-refractivity contribution is -0.697. The highest BCUT2D eigenvalue weighted by Gasteiger charge is 2.06. The van der Waals surface area contributed by atoms with Crippen LogP contribution in [-0.2, 0) is 22.5 Å². The predicted octanol–water partition coefficient (Wildman–Crippen LogP) is 0.667. The number of hydrogen-bond acceptors (Lipinski definition) is 5.